The van der Waals surface area contributed by atoms with Gasteiger partial charge >= 0.3 is 0 Å². The molecule has 0 unspecified atom stereocenters. The summed E-state index contributed by atoms with van der Waals surface area (Å²) in [6.45, 7) is 4.31. The Balaban J connectivity index is 2.34. The van der Waals surface area contributed by atoms with E-state index in [0.29, 0.717) is 12.5 Å². The van der Waals surface area contributed by atoms with E-state index in [0.717, 1.165) is 19.5 Å². The van der Waals surface area contributed by atoms with Crippen molar-refractivity contribution < 1.29 is 4.74 Å². The van der Waals surface area contributed by atoms with Crippen molar-refractivity contribution in [2.24, 2.45) is 0 Å². The number of aromatic nitrogens is 2. The first kappa shape index (κ1) is 11.4. The second-order valence-corrected chi connectivity index (χ2v) is 2.92. The van der Waals surface area contributed by atoms with Gasteiger partial charge in [0, 0.05) is 18.9 Å². The fourth-order valence-corrected chi connectivity index (χ4v) is 1.03. The average Bonchev–Trinajstić information content (AvgIpc) is 2.29. The summed E-state index contributed by atoms with van der Waals surface area (Å²) >= 11 is 0. The van der Waals surface area contributed by atoms with Crippen LogP contribution < -0.4 is 10.1 Å². The number of rotatable bonds is 6. The van der Waals surface area contributed by atoms with E-state index >= 15 is 0 Å². The topological polar surface area (TPSA) is 70.8 Å². The van der Waals surface area contributed by atoms with Gasteiger partial charge in [-0.1, -0.05) is 6.92 Å². The number of nitrogens with one attached hydrogen (secondary N) is 1. The Bertz CT molecular complexity index is 334. The molecular weight excluding hydrogens is 192 g/mol. The molecule has 0 radical (unpaired) electrons. The molecule has 5 heteroatoms. The highest BCUT2D eigenvalue weighted by Gasteiger charge is 2.03. The van der Waals surface area contributed by atoms with Crippen LogP contribution in [0, 0.1) is 11.3 Å². The van der Waals surface area contributed by atoms with Gasteiger partial charge in [-0.15, -0.1) is 0 Å². The number of hydrogen-bond donors (Lipinski definition) is 1. The quantitative estimate of drug-likeness (QED) is 0.695. The lowest BCUT2D eigenvalue weighted by molar-refractivity contribution is 0.300. The molecule has 1 aromatic heterocycles. The van der Waals surface area contributed by atoms with Crippen LogP contribution in [0.3, 0.4) is 0 Å². The molecule has 0 aromatic carbocycles. The lowest BCUT2D eigenvalue weighted by Crippen LogP contribution is -2.22. The zero-order valence-corrected chi connectivity index (χ0v) is 8.73. The maximum atomic E-state index is 8.71. The van der Waals surface area contributed by atoms with Crippen LogP contribution in [-0.2, 0) is 0 Å². The minimum atomic E-state index is 0.230. The van der Waals surface area contributed by atoms with Gasteiger partial charge in [0.2, 0.25) is 5.69 Å². The second-order valence-electron chi connectivity index (χ2n) is 2.92. The van der Waals surface area contributed by atoms with E-state index in [1.165, 1.54) is 12.4 Å². The Morgan fingerprint density at radius 3 is 2.93 bits per heavy atom. The van der Waals surface area contributed by atoms with Gasteiger partial charge in [0.05, 0.1) is 0 Å². The highest BCUT2D eigenvalue weighted by atomic mass is 16.5. The third kappa shape index (κ3) is 3.92. The number of nitriles is 1. The molecule has 0 aliphatic rings. The Hall–Kier alpha value is -1.67. The van der Waals surface area contributed by atoms with E-state index in [4.69, 9.17) is 10.00 Å². The van der Waals surface area contributed by atoms with Crippen LogP contribution in [0.4, 0.5) is 0 Å². The fraction of sp³-hybridized carbons (Fsp3) is 0.500. The summed E-state index contributed by atoms with van der Waals surface area (Å²) in [5, 5.41) is 11.9. The summed E-state index contributed by atoms with van der Waals surface area (Å²) in [4.78, 5) is 7.78. The highest BCUT2D eigenvalue weighted by molar-refractivity contribution is 5.29. The first-order valence-corrected chi connectivity index (χ1v) is 4.93. The van der Waals surface area contributed by atoms with Gasteiger partial charge in [0.15, 0.2) is 0 Å². The van der Waals surface area contributed by atoms with E-state index in [9.17, 15) is 0 Å². The monoisotopic (exact) mass is 206 g/mol. The third-order valence-corrected chi connectivity index (χ3v) is 1.71. The summed E-state index contributed by atoms with van der Waals surface area (Å²) < 4.78 is 5.32. The molecule has 0 bridgehead atoms. The molecule has 0 saturated carbocycles. The van der Waals surface area contributed by atoms with E-state index in [-0.39, 0.29) is 5.69 Å². The minimum Gasteiger partial charge on any atom is -0.474 e. The zero-order valence-electron chi connectivity index (χ0n) is 8.73. The predicted molar refractivity (Wildman–Crippen MR) is 55.4 cm³/mol. The molecular formula is C10H14N4O. The van der Waals surface area contributed by atoms with E-state index in [2.05, 4.69) is 22.2 Å². The van der Waals surface area contributed by atoms with Crippen LogP contribution >= 0.6 is 0 Å². The Labute approximate surface area is 89.1 Å². The normalized spacial score (nSPS) is 9.60. The Morgan fingerprint density at radius 1 is 1.40 bits per heavy atom. The Kier molecular flexibility index (Phi) is 5.12. The largest absolute Gasteiger partial charge is 0.474 e. The van der Waals surface area contributed by atoms with Crippen molar-refractivity contribution in [3.8, 4) is 11.9 Å². The lowest BCUT2D eigenvalue weighted by atomic mass is 10.4. The molecule has 0 saturated heterocycles. The van der Waals surface area contributed by atoms with Crippen LogP contribution in [0.15, 0.2) is 12.4 Å². The van der Waals surface area contributed by atoms with E-state index in [1.54, 1.807) is 0 Å². The average molecular weight is 206 g/mol. The van der Waals surface area contributed by atoms with Crippen molar-refractivity contribution in [3.05, 3.63) is 18.1 Å². The standard InChI is InChI=1S/C10H14N4O/c1-2-3-12-6-7-15-10-9(8-11)13-4-5-14-10/h4-5,12H,2-3,6-7H2,1H3. The molecule has 0 fully saturated rings. The van der Waals surface area contributed by atoms with Crippen LogP contribution in [0.5, 0.6) is 5.88 Å². The highest BCUT2D eigenvalue weighted by Crippen LogP contribution is 2.08. The molecule has 15 heavy (non-hydrogen) atoms. The minimum absolute atomic E-state index is 0.230. The summed E-state index contributed by atoms with van der Waals surface area (Å²) in [5.74, 6) is 0.304. The van der Waals surface area contributed by atoms with Gasteiger partial charge in [-0.2, -0.15) is 5.26 Å². The van der Waals surface area contributed by atoms with Gasteiger partial charge in [0.25, 0.3) is 5.88 Å². The molecule has 1 N–H and O–H groups in total. The molecule has 1 rings (SSSR count). The smallest absolute Gasteiger partial charge is 0.251 e. The molecule has 0 spiro atoms. The predicted octanol–water partition coefficient (Wildman–Crippen LogP) is 0.727. The van der Waals surface area contributed by atoms with Crippen LogP contribution in [0.1, 0.15) is 19.0 Å². The SMILES string of the molecule is CCCNCCOc1nccnc1C#N. The van der Waals surface area contributed by atoms with Crippen LogP contribution in [-0.4, -0.2) is 29.7 Å². The summed E-state index contributed by atoms with van der Waals surface area (Å²) in [6, 6.07) is 1.93. The zero-order chi connectivity index (χ0) is 10.9. The van der Waals surface area contributed by atoms with Gasteiger partial charge in [-0.3, -0.25) is 0 Å². The second kappa shape index (κ2) is 6.74. The van der Waals surface area contributed by atoms with Crippen molar-refractivity contribution >= 4 is 0 Å². The van der Waals surface area contributed by atoms with E-state index in [1.807, 2.05) is 6.07 Å². The summed E-state index contributed by atoms with van der Waals surface area (Å²) in [5.41, 5.74) is 0.230. The lowest BCUT2D eigenvalue weighted by Gasteiger charge is -2.06. The maximum absolute atomic E-state index is 8.71. The van der Waals surface area contributed by atoms with Crippen molar-refractivity contribution in [2.75, 3.05) is 19.7 Å². The molecule has 0 aliphatic carbocycles. The van der Waals surface area contributed by atoms with Crippen LogP contribution in [0.2, 0.25) is 0 Å². The van der Waals surface area contributed by atoms with E-state index < -0.39 is 0 Å². The third-order valence-electron chi connectivity index (χ3n) is 1.71. The fourth-order valence-electron chi connectivity index (χ4n) is 1.03. The molecule has 80 valence electrons. The van der Waals surface area contributed by atoms with Crippen LogP contribution in [0.25, 0.3) is 0 Å². The number of hydrogen-bond acceptors (Lipinski definition) is 5. The van der Waals surface area contributed by atoms with Crippen molar-refractivity contribution in [1.82, 2.24) is 15.3 Å². The van der Waals surface area contributed by atoms with Crippen molar-refractivity contribution in [2.45, 2.75) is 13.3 Å². The molecule has 5 nitrogen and oxygen atoms in total. The van der Waals surface area contributed by atoms with Crippen molar-refractivity contribution in [1.29, 1.82) is 5.26 Å². The summed E-state index contributed by atoms with van der Waals surface area (Å²) in [6.07, 6.45) is 4.07. The molecule has 1 aromatic rings. The first-order valence-electron chi connectivity index (χ1n) is 4.93. The summed E-state index contributed by atoms with van der Waals surface area (Å²) in [7, 11) is 0. The first-order chi connectivity index (χ1) is 7.38. The number of nitrogens with zero attached hydrogens (tertiary/aromatic N) is 3. The Morgan fingerprint density at radius 2 is 2.20 bits per heavy atom. The van der Waals surface area contributed by atoms with Gasteiger partial charge < -0.3 is 10.1 Å². The molecule has 0 amide bonds. The molecule has 0 atom stereocenters. The van der Waals surface area contributed by atoms with Crippen molar-refractivity contribution in [3.63, 3.8) is 0 Å². The molecule has 0 aliphatic heterocycles. The van der Waals surface area contributed by atoms with Gasteiger partial charge in [-0.25, -0.2) is 9.97 Å². The maximum Gasteiger partial charge on any atom is 0.251 e. The number of ether oxygens (including phenoxy) is 1. The van der Waals surface area contributed by atoms with Gasteiger partial charge in [0.1, 0.15) is 12.7 Å². The van der Waals surface area contributed by atoms with Gasteiger partial charge in [-0.05, 0) is 13.0 Å². The molecule has 1 heterocycles.